The molecule has 0 aromatic carbocycles. The number of hydrogen-bond donors (Lipinski definition) is 2. The molecule has 8 nitrogen and oxygen atoms in total. The highest BCUT2D eigenvalue weighted by molar-refractivity contribution is 7.99. The van der Waals surface area contributed by atoms with Crippen molar-refractivity contribution < 1.29 is 19.4 Å². The molecule has 0 fully saturated rings. The lowest BCUT2D eigenvalue weighted by molar-refractivity contribution is -0.140. The zero-order valence-electron chi connectivity index (χ0n) is 10.1. The first-order valence-corrected chi connectivity index (χ1v) is 6.37. The molecule has 0 saturated heterocycles. The third kappa shape index (κ3) is 5.26. The van der Waals surface area contributed by atoms with Gasteiger partial charge in [-0.25, -0.2) is 4.79 Å². The number of hydrogen-bond acceptors (Lipinski definition) is 7. The van der Waals surface area contributed by atoms with Crippen LogP contribution in [0.1, 0.15) is 6.92 Å². The Morgan fingerprint density at radius 3 is 2.68 bits per heavy atom. The van der Waals surface area contributed by atoms with Crippen LogP contribution in [-0.2, 0) is 9.59 Å². The van der Waals surface area contributed by atoms with Crippen LogP contribution in [0.15, 0.2) is 5.16 Å². The maximum atomic E-state index is 10.9. The number of methoxy groups -OCH3 is 1. The molecule has 10 heteroatoms. The number of carboxylic acid groups (broad SMARTS) is 1. The third-order valence-corrected chi connectivity index (χ3v) is 2.91. The molecule has 2 N–H and O–H groups in total. The van der Waals surface area contributed by atoms with Gasteiger partial charge < -0.3 is 15.2 Å². The van der Waals surface area contributed by atoms with Gasteiger partial charge in [0.05, 0.1) is 7.11 Å². The van der Waals surface area contributed by atoms with E-state index in [4.69, 9.17) is 21.4 Å². The molecule has 1 rings (SSSR count). The van der Waals surface area contributed by atoms with Crippen LogP contribution in [0.25, 0.3) is 0 Å². The van der Waals surface area contributed by atoms with E-state index in [-0.39, 0.29) is 22.2 Å². The zero-order valence-corrected chi connectivity index (χ0v) is 11.7. The molecule has 0 aliphatic rings. The Labute approximate surface area is 117 Å². The smallest absolute Gasteiger partial charge is 0.327 e. The molecule has 104 valence electrons. The van der Waals surface area contributed by atoms with Crippen molar-refractivity contribution in [2.24, 2.45) is 0 Å². The lowest BCUT2D eigenvalue weighted by Gasteiger charge is -2.12. The average Bonchev–Trinajstić information content (AvgIpc) is 2.33. The SMILES string of the molecule is COc1nc(Cl)nc(SCC(NC(C)=O)C(=O)O)n1. The summed E-state index contributed by atoms with van der Waals surface area (Å²) in [5.74, 6) is -1.52. The Bertz CT molecular complexity index is 487. The highest BCUT2D eigenvalue weighted by Crippen LogP contribution is 2.18. The molecule has 1 heterocycles. The van der Waals surface area contributed by atoms with Crippen molar-refractivity contribution >= 4 is 35.2 Å². The first-order valence-electron chi connectivity index (χ1n) is 5.00. The third-order valence-electron chi connectivity index (χ3n) is 1.80. The quantitative estimate of drug-likeness (QED) is 0.717. The molecule has 0 spiro atoms. The average molecular weight is 307 g/mol. The molecule has 1 unspecified atom stereocenters. The van der Waals surface area contributed by atoms with Gasteiger partial charge in [-0.15, -0.1) is 0 Å². The Balaban J connectivity index is 2.71. The van der Waals surface area contributed by atoms with Gasteiger partial charge in [-0.05, 0) is 11.6 Å². The molecule has 1 aromatic heterocycles. The Kier molecular flexibility index (Phi) is 5.77. The second-order valence-electron chi connectivity index (χ2n) is 3.28. The maximum Gasteiger partial charge on any atom is 0.327 e. The van der Waals surface area contributed by atoms with Crippen LogP contribution in [0.2, 0.25) is 5.28 Å². The van der Waals surface area contributed by atoms with Crippen molar-refractivity contribution in [3.05, 3.63) is 5.28 Å². The van der Waals surface area contributed by atoms with Crippen molar-refractivity contribution in [2.45, 2.75) is 18.1 Å². The fourth-order valence-corrected chi connectivity index (χ4v) is 2.09. The highest BCUT2D eigenvalue weighted by Gasteiger charge is 2.19. The van der Waals surface area contributed by atoms with Crippen LogP contribution in [-0.4, -0.2) is 50.8 Å². The van der Waals surface area contributed by atoms with Crippen LogP contribution in [0.5, 0.6) is 6.01 Å². The Morgan fingerprint density at radius 2 is 2.16 bits per heavy atom. The van der Waals surface area contributed by atoms with Gasteiger partial charge >= 0.3 is 12.0 Å². The molecule has 0 aliphatic heterocycles. The topological polar surface area (TPSA) is 114 Å². The number of aliphatic carboxylic acids is 1. The molecule has 0 bridgehead atoms. The summed E-state index contributed by atoms with van der Waals surface area (Å²) in [6.45, 7) is 1.24. The number of thioether (sulfide) groups is 1. The standard InChI is InChI=1S/C9H11ClN4O4S/c1-4(15)11-5(6(16)17)3-19-9-13-7(10)12-8(14-9)18-2/h5H,3H2,1-2H3,(H,11,15)(H,16,17). The monoisotopic (exact) mass is 306 g/mol. The number of carbonyl (C=O) groups is 2. The van der Waals surface area contributed by atoms with Crippen molar-refractivity contribution in [1.82, 2.24) is 20.3 Å². The second kappa shape index (κ2) is 7.10. The highest BCUT2D eigenvalue weighted by atomic mass is 35.5. The minimum Gasteiger partial charge on any atom is -0.480 e. The lowest BCUT2D eigenvalue weighted by atomic mass is 10.3. The van der Waals surface area contributed by atoms with Crippen LogP contribution in [0.3, 0.4) is 0 Å². The number of carbonyl (C=O) groups excluding carboxylic acids is 1. The van der Waals surface area contributed by atoms with Crippen molar-refractivity contribution in [1.29, 1.82) is 0 Å². The Hall–Kier alpha value is -1.61. The molecule has 1 amide bonds. The van der Waals surface area contributed by atoms with Crippen LogP contribution < -0.4 is 10.1 Å². The summed E-state index contributed by atoms with van der Waals surface area (Å²) in [5, 5.41) is 11.4. The Morgan fingerprint density at radius 1 is 1.47 bits per heavy atom. The van der Waals surface area contributed by atoms with E-state index in [0.717, 1.165) is 11.8 Å². The number of halogens is 1. The van der Waals surface area contributed by atoms with Gasteiger partial charge in [0.1, 0.15) is 6.04 Å². The molecule has 0 saturated carbocycles. The van der Waals surface area contributed by atoms with E-state index in [9.17, 15) is 9.59 Å². The van der Waals surface area contributed by atoms with E-state index >= 15 is 0 Å². The molecule has 1 atom stereocenters. The van der Waals surface area contributed by atoms with Crippen molar-refractivity contribution in [2.75, 3.05) is 12.9 Å². The van der Waals surface area contributed by atoms with E-state index in [0.29, 0.717) is 0 Å². The molecular weight excluding hydrogens is 296 g/mol. The van der Waals surface area contributed by atoms with Gasteiger partial charge in [-0.3, -0.25) is 4.79 Å². The van der Waals surface area contributed by atoms with Gasteiger partial charge in [0, 0.05) is 12.7 Å². The normalized spacial score (nSPS) is 11.7. The van der Waals surface area contributed by atoms with E-state index in [2.05, 4.69) is 20.3 Å². The van der Waals surface area contributed by atoms with Gasteiger partial charge in [0.15, 0.2) is 5.16 Å². The van der Waals surface area contributed by atoms with E-state index < -0.39 is 17.9 Å². The van der Waals surface area contributed by atoms with Gasteiger partial charge in [0.2, 0.25) is 11.2 Å². The van der Waals surface area contributed by atoms with E-state index in [1.165, 1.54) is 14.0 Å². The summed E-state index contributed by atoms with van der Waals surface area (Å²) in [6.07, 6.45) is 0. The molecule has 0 radical (unpaired) electrons. The van der Waals surface area contributed by atoms with Crippen molar-refractivity contribution in [3.8, 4) is 6.01 Å². The summed E-state index contributed by atoms with van der Waals surface area (Å²) in [4.78, 5) is 33.2. The summed E-state index contributed by atoms with van der Waals surface area (Å²) < 4.78 is 4.81. The minimum atomic E-state index is -1.14. The number of aromatic nitrogens is 3. The first kappa shape index (κ1) is 15.4. The number of rotatable bonds is 6. The number of amides is 1. The minimum absolute atomic E-state index is 0.0360. The first-order chi connectivity index (χ1) is 8.92. The lowest BCUT2D eigenvalue weighted by Crippen LogP contribution is -2.41. The molecule has 19 heavy (non-hydrogen) atoms. The summed E-state index contributed by atoms with van der Waals surface area (Å²) in [5.41, 5.74) is 0. The molecule has 0 aliphatic carbocycles. The summed E-state index contributed by atoms with van der Waals surface area (Å²) >= 11 is 6.67. The van der Waals surface area contributed by atoms with E-state index in [1.54, 1.807) is 0 Å². The van der Waals surface area contributed by atoms with Crippen molar-refractivity contribution in [3.63, 3.8) is 0 Å². The van der Waals surface area contributed by atoms with Gasteiger partial charge in [-0.2, -0.15) is 15.0 Å². The largest absolute Gasteiger partial charge is 0.480 e. The molecule has 1 aromatic rings. The number of nitrogens with zero attached hydrogens (tertiary/aromatic N) is 3. The number of carboxylic acids is 1. The van der Waals surface area contributed by atoms with Crippen LogP contribution in [0, 0.1) is 0 Å². The van der Waals surface area contributed by atoms with Crippen LogP contribution in [0.4, 0.5) is 0 Å². The predicted molar refractivity (Wildman–Crippen MR) is 67.4 cm³/mol. The summed E-state index contributed by atoms with van der Waals surface area (Å²) in [6, 6.07) is -1.00. The number of ether oxygens (including phenoxy) is 1. The maximum absolute atomic E-state index is 10.9. The van der Waals surface area contributed by atoms with Gasteiger partial charge in [-0.1, -0.05) is 11.8 Å². The zero-order chi connectivity index (χ0) is 14.4. The van der Waals surface area contributed by atoms with Crippen LogP contribution >= 0.6 is 23.4 Å². The fourth-order valence-electron chi connectivity index (χ4n) is 1.05. The molecular formula is C9H11ClN4O4S. The number of nitrogens with one attached hydrogen (secondary N) is 1. The predicted octanol–water partition coefficient (Wildman–Crippen LogP) is 0.215. The summed E-state index contributed by atoms with van der Waals surface area (Å²) in [7, 11) is 1.37. The van der Waals surface area contributed by atoms with Gasteiger partial charge in [0.25, 0.3) is 0 Å². The second-order valence-corrected chi connectivity index (χ2v) is 4.60. The fraction of sp³-hybridized carbons (Fsp3) is 0.444. The van der Waals surface area contributed by atoms with E-state index in [1.807, 2.05) is 0 Å².